The van der Waals surface area contributed by atoms with Gasteiger partial charge in [0.15, 0.2) is 0 Å². The summed E-state index contributed by atoms with van der Waals surface area (Å²) in [6, 6.07) is 7.22. The standard InChI is InChI=1S/C11H10ClNOS2/c1-11(2)9(14)13(10(15)16-11)8-6-4-3-5-7(8)12/h3-6H,1-2H3. The van der Waals surface area contributed by atoms with Gasteiger partial charge in [0.05, 0.1) is 15.5 Å². The first-order valence-electron chi connectivity index (χ1n) is 4.75. The van der Waals surface area contributed by atoms with Crippen molar-refractivity contribution in [2.45, 2.75) is 18.6 Å². The predicted molar refractivity (Wildman–Crippen MR) is 73.2 cm³/mol. The molecule has 1 saturated heterocycles. The SMILES string of the molecule is CC1(C)SC(=S)N(c2ccccc2Cl)C1=O. The summed E-state index contributed by atoms with van der Waals surface area (Å²) in [4.78, 5) is 13.7. The fourth-order valence-corrected chi connectivity index (χ4v) is 3.41. The van der Waals surface area contributed by atoms with Crippen LogP contribution >= 0.6 is 35.6 Å². The van der Waals surface area contributed by atoms with Gasteiger partial charge in [0.25, 0.3) is 0 Å². The van der Waals surface area contributed by atoms with Crippen LogP contribution in [0.25, 0.3) is 0 Å². The number of anilines is 1. The monoisotopic (exact) mass is 271 g/mol. The molecule has 0 radical (unpaired) electrons. The lowest BCUT2D eigenvalue weighted by Crippen LogP contribution is -2.35. The molecule has 0 saturated carbocycles. The molecule has 0 unspecified atom stereocenters. The zero-order valence-corrected chi connectivity index (χ0v) is 11.2. The summed E-state index contributed by atoms with van der Waals surface area (Å²) < 4.78 is 0.0547. The first-order valence-corrected chi connectivity index (χ1v) is 6.36. The van der Waals surface area contributed by atoms with Crippen molar-refractivity contribution in [3.8, 4) is 0 Å². The second-order valence-corrected chi connectivity index (χ2v) is 6.63. The van der Waals surface area contributed by atoms with Crippen LogP contribution in [0.2, 0.25) is 5.02 Å². The van der Waals surface area contributed by atoms with E-state index in [0.717, 1.165) is 0 Å². The molecule has 1 heterocycles. The summed E-state index contributed by atoms with van der Waals surface area (Å²) in [6.45, 7) is 3.73. The van der Waals surface area contributed by atoms with Crippen molar-refractivity contribution in [3.05, 3.63) is 29.3 Å². The maximum Gasteiger partial charge on any atom is 0.248 e. The molecule has 0 aliphatic carbocycles. The van der Waals surface area contributed by atoms with Gasteiger partial charge in [-0.3, -0.25) is 9.69 Å². The van der Waals surface area contributed by atoms with Gasteiger partial charge in [0, 0.05) is 0 Å². The van der Waals surface area contributed by atoms with Gasteiger partial charge in [-0.2, -0.15) is 0 Å². The second-order valence-electron chi connectivity index (χ2n) is 3.97. The van der Waals surface area contributed by atoms with E-state index >= 15 is 0 Å². The number of halogens is 1. The van der Waals surface area contributed by atoms with Gasteiger partial charge in [0.2, 0.25) is 5.91 Å². The van der Waals surface area contributed by atoms with Crippen molar-refractivity contribution < 1.29 is 4.79 Å². The Morgan fingerprint density at radius 3 is 2.50 bits per heavy atom. The molecule has 0 atom stereocenters. The number of carbonyl (C=O) groups excluding carboxylic acids is 1. The van der Waals surface area contributed by atoms with Crippen LogP contribution in [0, 0.1) is 0 Å². The van der Waals surface area contributed by atoms with Gasteiger partial charge in [-0.1, -0.05) is 47.7 Å². The largest absolute Gasteiger partial charge is 0.272 e. The molecule has 5 heteroatoms. The summed E-state index contributed by atoms with van der Waals surface area (Å²) in [7, 11) is 0. The molecule has 1 aliphatic rings. The Labute approximate surface area is 109 Å². The van der Waals surface area contributed by atoms with Crippen LogP contribution in [0.15, 0.2) is 24.3 Å². The second kappa shape index (κ2) is 4.02. The van der Waals surface area contributed by atoms with Crippen molar-refractivity contribution in [2.75, 3.05) is 4.90 Å². The van der Waals surface area contributed by atoms with E-state index in [4.69, 9.17) is 23.8 Å². The highest BCUT2D eigenvalue weighted by Gasteiger charge is 2.44. The number of para-hydroxylation sites is 1. The number of carbonyl (C=O) groups is 1. The van der Waals surface area contributed by atoms with Crippen LogP contribution in [-0.4, -0.2) is 15.0 Å². The van der Waals surface area contributed by atoms with Gasteiger partial charge < -0.3 is 0 Å². The van der Waals surface area contributed by atoms with E-state index in [0.29, 0.717) is 15.0 Å². The Kier molecular flexibility index (Phi) is 2.99. The molecular formula is C11H10ClNOS2. The van der Waals surface area contributed by atoms with E-state index in [9.17, 15) is 4.79 Å². The molecule has 0 aromatic heterocycles. The quantitative estimate of drug-likeness (QED) is 0.730. The number of nitrogens with zero attached hydrogens (tertiary/aromatic N) is 1. The molecule has 1 aromatic rings. The number of thioether (sulfide) groups is 1. The third-order valence-corrected chi connectivity index (χ3v) is 4.13. The Bertz CT molecular complexity index is 473. The number of thiocarbonyl (C=S) groups is 1. The van der Waals surface area contributed by atoms with Crippen LogP contribution in [-0.2, 0) is 4.79 Å². The van der Waals surface area contributed by atoms with E-state index in [-0.39, 0.29) is 5.91 Å². The minimum Gasteiger partial charge on any atom is -0.272 e. The maximum atomic E-state index is 12.1. The lowest BCUT2D eigenvalue weighted by atomic mass is 10.1. The Hall–Kier alpha value is -0.580. The summed E-state index contributed by atoms with van der Waals surface area (Å²) in [5, 5.41) is 0.538. The average Bonchev–Trinajstić information content (AvgIpc) is 2.39. The topological polar surface area (TPSA) is 20.3 Å². The van der Waals surface area contributed by atoms with Gasteiger partial charge >= 0.3 is 0 Å². The molecule has 1 aliphatic heterocycles. The average molecular weight is 272 g/mol. The molecule has 0 N–H and O–H groups in total. The fourth-order valence-electron chi connectivity index (χ4n) is 1.50. The highest BCUT2D eigenvalue weighted by Crippen LogP contribution is 2.41. The lowest BCUT2D eigenvalue weighted by molar-refractivity contribution is -0.118. The van der Waals surface area contributed by atoms with Crippen LogP contribution < -0.4 is 4.90 Å². The molecule has 2 rings (SSSR count). The van der Waals surface area contributed by atoms with E-state index < -0.39 is 4.75 Å². The van der Waals surface area contributed by atoms with Crippen LogP contribution in [0.3, 0.4) is 0 Å². The third-order valence-electron chi connectivity index (χ3n) is 2.34. The minimum absolute atomic E-state index is 0.0180. The first kappa shape index (κ1) is 11.9. The minimum atomic E-state index is -0.504. The fraction of sp³-hybridized carbons (Fsp3) is 0.273. The van der Waals surface area contributed by atoms with Crippen LogP contribution in [0.1, 0.15) is 13.8 Å². The summed E-state index contributed by atoms with van der Waals surface area (Å²) >= 11 is 12.7. The molecule has 0 spiro atoms. The number of hydrogen-bond acceptors (Lipinski definition) is 3. The predicted octanol–water partition coefficient (Wildman–Crippen LogP) is 3.48. The number of hydrogen-bond donors (Lipinski definition) is 0. The van der Waals surface area contributed by atoms with Crippen molar-refractivity contribution >= 4 is 51.5 Å². The van der Waals surface area contributed by atoms with Gasteiger partial charge in [-0.15, -0.1) is 0 Å². The smallest absolute Gasteiger partial charge is 0.248 e. The van der Waals surface area contributed by atoms with Gasteiger partial charge in [0.1, 0.15) is 4.32 Å². The first-order chi connectivity index (χ1) is 7.43. The molecule has 0 bridgehead atoms. The van der Waals surface area contributed by atoms with E-state index in [1.165, 1.54) is 16.7 Å². The number of benzene rings is 1. The van der Waals surface area contributed by atoms with Gasteiger partial charge in [-0.25, -0.2) is 0 Å². The molecule has 1 amide bonds. The molecule has 1 fully saturated rings. The summed E-state index contributed by atoms with van der Waals surface area (Å²) in [5.41, 5.74) is 0.664. The third kappa shape index (κ3) is 1.85. The molecule has 84 valence electrons. The number of rotatable bonds is 1. The van der Waals surface area contributed by atoms with Crippen LogP contribution in [0.5, 0.6) is 0 Å². The highest BCUT2D eigenvalue weighted by atomic mass is 35.5. The van der Waals surface area contributed by atoms with E-state index in [1.54, 1.807) is 12.1 Å². The Morgan fingerprint density at radius 2 is 2.00 bits per heavy atom. The molecule has 16 heavy (non-hydrogen) atoms. The Morgan fingerprint density at radius 1 is 1.38 bits per heavy atom. The van der Waals surface area contributed by atoms with Crippen molar-refractivity contribution in [1.82, 2.24) is 0 Å². The highest BCUT2D eigenvalue weighted by molar-refractivity contribution is 8.25. The van der Waals surface area contributed by atoms with Crippen LogP contribution in [0.4, 0.5) is 5.69 Å². The van der Waals surface area contributed by atoms with Crippen molar-refractivity contribution in [3.63, 3.8) is 0 Å². The van der Waals surface area contributed by atoms with E-state index in [1.807, 2.05) is 26.0 Å². The zero-order valence-electron chi connectivity index (χ0n) is 8.86. The summed E-state index contributed by atoms with van der Waals surface area (Å²) in [6.07, 6.45) is 0. The van der Waals surface area contributed by atoms with Gasteiger partial charge in [-0.05, 0) is 26.0 Å². The Balaban J connectivity index is 2.47. The molecular weight excluding hydrogens is 262 g/mol. The molecule has 1 aromatic carbocycles. The molecule has 2 nitrogen and oxygen atoms in total. The normalized spacial score (nSPS) is 19.3. The summed E-state index contributed by atoms with van der Waals surface area (Å²) in [5.74, 6) is -0.0180. The van der Waals surface area contributed by atoms with E-state index in [2.05, 4.69) is 0 Å². The maximum absolute atomic E-state index is 12.1. The van der Waals surface area contributed by atoms with Crippen molar-refractivity contribution in [2.24, 2.45) is 0 Å². The number of amides is 1. The zero-order chi connectivity index (χ0) is 11.9. The lowest BCUT2D eigenvalue weighted by Gasteiger charge is -2.18. The van der Waals surface area contributed by atoms with Crippen molar-refractivity contribution in [1.29, 1.82) is 0 Å².